The van der Waals surface area contributed by atoms with Gasteiger partial charge in [-0.25, -0.2) is 9.59 Å². The maximum atomic E-state index is 10.6. The molecule has 0 saturated heterocycles. The Morgan fingerprint density at radius 2 is 1.00 bits per heavy atom. The number of nitrogens with zero attached hydrogens (tertiary/aromatic N) is 1. The van der Waals surface area contributed by atoms with Crippen LogP contribution in [0, 0.1) is 0 Å². The van der Waals surface area contributed by atoms with E-state index in [9.17, 15) is 14.4 Å². The summed E-state index contributed by atoms with van der Waals surface area (Å²) in [4.78, 5) is 33.1. The second kappa shape index (κ2) is 51.7. The summed E-state index contributed by atoms with van der Waals surface area (Å²) in [5.74, 6) is 2.07. The summed E-state index contributed by atoms with van der Waals surface area (Å²) < 4.78 is 9.53. The molecule has 0 rings (SSSR count). The number of aliphatic hydroxyl groups excluding tert-OH is 2. The molecule has 0 bridgehead atoms. The number of ether oxygens (including phenoxy) is 2. The first-order chi connectivity index (χ1) is 18.6. The van der Waals surface area contributed by atoms with Crippen LogP contribution in [0.4, 0.5) is 0 Å². The lowest BCUT2D eigenvalue weighted by Gasteiger charge is -2.13. The number of alkyl halides is 2. The number of carbonyl (C=O) groups excluding carboxylic acids is 3. The smallest absolute Gasteiger partial charge is 0.330 e. The Hall–Kier alpha value is -0.0200. The SMILES string of the molecule is C.C=CC(=O)Cl.C=CC(=O)OCCSSCCOC(=O)C=C.CCN(CC)CC.ClCCl.OCCSSCCO. The Kier molecular flexibility index (Phi) is 68.0. The average molecular weight is 709 g/mol. The van der Waals surface area contributed by atoms with Crippen molar-refractivity contribution in [3.05, 3.63) is 38.0 Å². The van der Waals surface area contributed by atoms with Gasteiger partial charge in [-0.05, 0) is 37.3 Å². The van der Waals surface area contributed by atoms with E-state index in [1.165, 1.54) is 19.6 Å². The lowest BCUT2D eigenvalue weighted by molar-refractivity contribution is -0.138. The van der Waals surface area contributed by atoms with Gasteiger partial charge in [0, 0.05) is 35.2 Å². The molecule has 0 fully saturated rings. The first-order valence-corrected chi connectivity index (χ1v) is 18.0. The molecule has 240 valence electrons. The van der Waals surface area contributed by atoms with Crippen LogP contribution in [0.15, 0.2) is 38.0 Å². The third-order valence-electron chi connectivity index (χ3n) is 3.17. The highest BCUT2D eigenvalue weighted by molar-refractivity contribution is 8.77. The fourth-order valence-corrected chi connectivity index (χ4v) is 4.64. The summed E-state index contributed by atoms with van der Waals surface area (Å²) >= 11 is 14.2. The molecule has 0 atom stereocenters. The zero-order valence-corrected chi connectivity index (χ0v) is 28.5. The zero-order chi connectivity index (χ0) is 31.2. The number of aliphatic hydroxyl groups is 2. The fourth-order valence-electron chi connectivity index (χ4n) is 1.45. The summed E-state index contributed by atoms with van der Waals surface area (Å²) in [7, 11) is 6.27. The number of hydrogen-bond donors (Lipinski definition) is 2. The number of esters is 2. The predicted octanol–water partition coefficient (Wildman–Crippen LogP) is 6.52. The van der Waals surface area contributed by atoms with E-state index in [-0.39, 0.29) is 26.0 Å². The molecule has 0 aromatic rings. The molecular formula is C25H48Cl3NO7S4. The average Bonchev–Trinajstić information content (AvgIpc) is 2.94. The van der Waals surface area contributed by atoms with E-state index in [1.54, 1.807) is 43.2 Å². The van der Waals surface area contributed by atoms with Crippen molar-refractivity contribution in [3.63, 3.8) is 0 Å². The minimum Gasteiger partial charge on any atom is -0.462 e. The molecule has 0 aromatic heterocycles. The van der Waals surface area contributed by atoms with Crippen molar-refractivity contribution in [1.82, 2.24) is 4.90 Å². The second-order valence-corrected chi connectivity index (χ2v) is 12.3. The molecular weight excluding hydrogens is 661 g/mol. The summed E-state index contributed by atoms with van der Waals surface area (Å²) in [5.41, 5.74) is 0. The summed E-state index contributed by atoms with van der Waals surface area (Å²) in [5, 5.41) is 16.2. The van der Waals surface area contributed by atoms with Gasteiger partial charge >= 0.3 is 11.9 Å². The van der Waals surface area contributed by atoms with E-state index in [4.69, 9.17) is 54.5 Å². The van der Waals surface area contributed by atoms with Gasteiger partial charge in [0.2, 0.25) is 5.24 Å². The summed E-state index contributed by atoms with van der Waals surface area (Å²) in [6.07, 6.45) is 3.31. The van der Waals surface area contributed by atoms with Gasteiger partial charge in [-0.1, -0.05) is 91.1 Å². The molecule has 8 nitrogen and oxygen atoms in total. The maximum absolute atomic E-state index is 10.6. The van der Waals surface area contributed by atoms with Gasteiger partial charge in [0.1, 0.15) is 13.2 Å². The molecule has 0 heterocycles. The number of carbonyl (C=O) groups is 3. The summed E-state index contributed by atoms with van der Waals surface area (Å²) in [6.45, 7) is 20.9. The quantitative estimate of drug-likeness (QED) is 0.0404. The Labute approximate surface area is 273 Å². The van der Waals surface area contributed by atoms with Crippen LogP contribution in [0.1, 0.15) is 28.2 Å². The van der Waals surface area contributed by atoms with E-state index in [0.717, 1.165) is 29.7 Å². The number of hydrogen-bond acceptors (Lipinski definition) is 12. The maximum Gasteiger partial charge on any atom is 0.330 e. The van der Waals surface area contributed by atoms with Crippen molar-refractivity contribution >= 4 is 95.2 Å². The van der Waals surface area contributed by atoms with Crippen molar-refractivity contribution in [1.29, 1.82) is 0 Å². The van der Waals surface area contributed by atoms with Gasteiger partial charge in [-0.15, -0.1) is 23.2 Å². The lowest BCUT2D eigenvalue weighted by Crippen LogP contribution is -2.21. The third-order valence-corrected chi connectivity index (χ3v) is 8.03. The van der Waals surface area contributed by atoms with Crippen LogP contribution in [-0.2, 0) is 23.9 Å². The fraction of sp³-hybridized carbons (Fsp3) is 0.640. The number of rotatable bonds is 18. The van der Waals surface area contributed by atoms with Crippen molar-refractivity contribution < 1.29 is 34.1 Å². The van der Waals surface area contributed by atoms with Crippen LogP contribution in [0.25, 0.3) is 0 Å². The van der Waals surface area contributed by atoms with Crippen LogP contribution in [-0.4, -0.2) is 107 Å². The van der Waals surface area contributed by atoms with E-state index in [0.29, 0.717) is 24.7 Å². The first kappa shape index (κ1) is 52.6. The normalized spacial score (nSPS) is 8.72. The van der Waals surface area contributed by atoms with Crippen molar-refractivity contribution in [2.75, 3.05) is 74.4 Å². The number of halogens is 3. The van der Waals surface area contributed by atoms with Crippen molar-refractivity contribution in [2.45, 2.75) is 28.2 Å². The van der Waals surface area contributed by atoms with Crippen LogP contribution < -0.4 is 0 Å². The molecule has 40 heavy (non-hydrogen) atoms. The molecule has 0 aliphatic heterocycles. The first-order valence-electron chi connectivity index (χ1n) is 11.6. The highest BCUT2D eigenvalue weighted by atomic mass is 35.5. The van der Waals surface area contributed by atoms with Gasteiger partial charge in [-0.3, -0.25) is 4.79 Å². The molecule has 2 N–H and O–H groups in total. The van der Waals surface area contributed by atoms with E-state index in [2.05, 4.69) is 45.4 Å². The number of allylic oxidation sites excluding steroid dienone is 1. The van der Waals surface area contributed by atoms with Crippen LogP contribution in [0.2, 0.25) is 0 Å². The van der Waals surface area contributed by atoms with Gasteiger partial charge in [0.15, 0.2) is 0 Å². The molecule has 0 amide bonds. The summed E-state index contributed by atoms with van der Waals surface area (Å²) in [6, 6.07) is 0. The molecule has 0 unspecified atom stereocenters. The Morgan fingerprint density at radius 1 is 0.725 bits per heavy atom. The molecule has 0 aliphatic rings. The molecule has 0 spiro atoms. The van der Waals surface area contributed by atoms with Crippen LogP contribution in [0.3, 0.4) is 0 Å². The largest absolute Gasteiger partial charge is 0.462 e. The topological polar surface area (TPSA) is 113 Å². The zero-order valence-electron chi connectivity index (χ0n) is 23.0. The lowest BCUT2D eigenvalue weighted by atomic mass is 10.5. The van der Waals surface area contributed by atoms with Crippen LogP contribution in [0.5, 0.6) is 0 Å². The van der Waals surface area contributed by atoms with Crippen LogP contribution >= 0.6 is 78.0 Å². The second-order valence-electron chi connectivity index (χ2n) is 5.71. The minimum atomic E-state index is -0.509. The molecule has 0 saturated carbocycles. The molecule has 0 aromatic carbocycles. The highest BCUT2D eigenvalue weighted by Gasteiger charge is 1.97. The Bertz CT molecular complexity index is 541. The van der Waals surface area contributed by atoms with E-state index >= 15 is 0 Å². The van der Waals surface area contributed by atoms with Crippen molar-refractivity contribution in [3.8, 4) is 0 Å². The Balaban J connectivity index is -0.000000101. The van der Waals surface area contributed by atoms with Gasteiger partial charge in [-0.2, -0.15) is 0 Å². The van der Waals surface area contributed by atoms with Gasteiger partial charge in [0.05, 0.1) is 18.6 Å². The van der Waals surface area contributed by atoms with E-state index < -0.39 is 17.2 Å². The minimum absolute atomic E-state index is 0. The highest BCUT2D eigenvalue weighted by Crippen LogP contribution is 2.20. The third kappa shape index (κ3) is 66.3. The molecule has 0 aliphatic carbocycles. The monoisotopic (exact) mass is 707 g/mol. The Morgan fingerprint density at radius 3 is 1.18 bits per heavy atom. The van der Waals surface area contributed by atoms with Gasteiger partial charge < -0.3 is 24.6 Å². The molecule has 15 heteroatoms. The standard InChI is InChI=1S/C10H14O4S2.C6H15N.C4H10O2S2.C3H3ClO.CH2Cl2.CH4/c1-3-9(11)13-5-7-15-16-8-6-14-10(12)4-2;1-4-7(5-2)6-3;5-1-3-7-8-4-2-6;1-2-3(4)5;2-1-3;/h3-4H,1-2,5-8H2;4-6H2,1-3H3;5-6H,1-4H2;2H,1H2;1H2;1H4. The van der Waals surface area contributed by atoms with Crippen molar-refractivity contribution in [2.24, 2.45) is 0 Å². The molecule has 0 radical (unpaired) electrons. The predicted molar refractivity (Wildman–Crippen MR) is 184 cm³/mol. The van der Waals surface area contributed by atoms with E-state index in [1.807, 2.05) is 0 Å². The van der Waals surface area contributed by atoms with Gasteiger partial charge in [0.25, 0.3) is 0 Å².